The number of nitrogen functional groups attached to an aromatic ring is 2. The van der Waals surface area contributed by atoms with Crippen LogP contribution < -0.4 is 11.5 Å². The summed E-state index contributed by atoms with van der Waals surface area (Å²) >= 11 is 0. The zero-order valence-electron chi connectivity index (χ0n) is 19.6. The summed E-state index contributed by atoms with van der Waals surface area (Å²) in [6, 6.07) is 16.9. The maximum absolute atomic E-state index is 5.88. The van der Waals surface area contributed by atoms with Crippen LogP contribution in [0.3, 0.4) is 0 Å². The number of anilines is 2. The largest absolute Gasteiger partial charge is 0.381 e. The van der Waals surface area contributed by atoms with Gasteiger partial charge < -0.3 is 11.5 Å². The number of nitrogens with zero attached hydrogens (tertiary/aromatic N) is 4. The van der Waals surface area contributed by atoms with E-state index in [9.17, 15) is 0 Å². The molecule has 0 spiro atoms. The van der Waals surface area contributed by atoms with E-state index < -0.39 is 0 Å². The monoisotopic (exact) mass is 426 g/mol. The predicted molar refractivity (Wildman–Crippen MR) is 132 cm³/mol. The SMILES string of the molecule is CC(C)(C)c1ccc(-c2nc3nc(N)c(N)nc3nc2-c2ccc(C(C)(C)C)cc2)cc1. The molecule has 6 heteroatoms. The fourth-order valence-electron chi connectivity index (χ4n) is 3.57. The third-order valence-corrected chi connectivity index (χ3v) is 5.62. The Labute approximate surface area is 189 Å². The van der Waals surface area contributed by atoms with Gasteiger partial charge in [0.05, 0.1) is 11.4 Å². The van der Waals surface area contributed by atoms with Gasteiger partial charge in [-0.3, -0.25) is 0 Å². The van der Waals surface area contributed by atoms with Crippen LogP contribution in [-0.4, -0.2) is 19.9 Å². The molecule has 0 amide bonds. The van der Waals surface area contributed by atoms with Crippen molar-refractivity contribution in [3.63, 3.8) is 0 Å². The Morgan fingerprint density at radius 2 is 0.812 bits per heavy atom. The van der Waals surface area contributed by atoms with Crippen molar-refractivity contribution >= 4 is 22.9 Å². The molecule has 4 rings (SSSR count). The molecule has 0 aliphatic carbocycles. The zero-order chi connectivity index (χ0) is 23.3. The second-order valence-corrected chi connectivity index (χ2v) is 10.2. The minimum atomic E-state index is 0.0661. The van der Waals surface area contributed by atoms with Crippen molar-refractivity contribution in [3.8, 4) is 22.5 Å². The van der Waals surface area contributed by atoms with Gasteiger partial charge in [-0.25, -0.2) is 19.9 Å². The third kappa shape index (κ3) is 4.13. The predicted octanol–water partition coefficient (Wildman–Crippen LogP) is 5.51. The van der Waals surface area contributed by atoms with Gasteiger partial charge in [-0.15, -0.1) is 0 Å². The van der Waals surface area contributed by atoms with Crippen molar-refractivity contribution in [2.45, 2.75) is 52.4 Å². The normalized spacial score (nSPS) is 12.3. The van der Waals surface area contributed by atoms with E-state index in [4.69, 9.17) is 21.4 Å². The minimum Gasteiger partial charge on any atom is -0.381 e. The van der Waals surface area contributed by atoms with E-state index in [1.165, 1.54) is 11.1 Å². The van der Waals surface area contributed by atoms with Crippen LogP contribution in [0.25, 0.3) is 33.8 Å². The molecule has 6 nitrogen and oxygen atoms in total. The molecular weight excluding hydrogens is 396 g/mol. The van der Waals surface area contributed by atoms with Crippen molar-refractivity contribution < 1.29 is 0 Å². The molecule has 0 aliphatic heterocycles. The fraction of sp³-hybridized carbons (Fsp3) is 0.308. The topological polar surface area (TPSA) is 104 Å². The number of rotatable bonds is 2. The zero-order valence-corrected chi connectivity index (χ0v) is 19.6. The molecule has 32 heavy (non-hydrogen) atoms. The lowest BCUT2D eigenvalue weighted by molar-refractivity contribution is 0.590. The quantitative estimate of drug-likeness (QED) is 0.438. The maximum atomic E-state index is 5.88. The van der Waals surface area contributed by atoms with Gasteiger partial charge >= 0.3 is 0 Å². The van der Waals surface area contributed by atoms with Crippen molar-refractivity contribution in [3.05, 3.63) is 59.7 Å². The first kappa shape index (κ1) is 21.7. The lowest BCUT2D eigenvalue weighted by Gasteiger charge is -2.20. The van der Waals surface area contributed by atoms with Crippen molar-refractivity contribution in [1.29, 1.82) is 0 Å². The number of benzene rings is 2. The number of hydrogen-bond acceptors (Lipinski definition) is 6. The molecule has 0 atom stereocenters. The number of aromatic nitrogens is 4. The molecule has 4 N–H and O–H groups in total. The van der Waals surface area contributed by atoms with Gasteiger partial charge in [0.2, 0.25) is 11.3 Å². The van der Waals surface area contributed by atoms with Crippen molar-refractivity contribution in [1.82, 2.24) is 19.9 Å². The van der Waals surface area contributed by atoms with Gasteiger partial charge in [0, 0.05) is 11.1 Å². The summed E-state index contributed by atoms with van der Waals surface area (Å²) in [5.74, 6) is 0.311. The summed E-state index contributed by atoms with van der Waals surface area (Å²) in [4.78, 5) is 18.3. The first-order valence-corrected chi connectivity index (χ1v) is 10.8. The van der Waals surface area contributed by atoms with Crippen molar-refractivity contribution in [2.75, 3.05) is 11.5 Å². The molecule has 0 saturated heterocycles. The Kier molecular flexibility index (Phi) is 5.12. The Morgan fingerprint density at radius 3 is 1.09 bits per heavy atom. The smallest absolute Gasteiger partial charge is 0.200 e. The average Bonchev–Trinajstić information content (AvgIpc) is 2.73. The number of nitrogens with two attached hydrogens (primary N) is 2. The van der Waals surface area contributed by atoms with Gasteiger partial charge in [-0.05, 0) is 22.0 Å². The lowest BCUT2D eigenvalue weighted by Crippen LogP contribution is -2.11. The van der Waals surface area contributed by atoms with E-state index in [0.29, 0.717) is 11.3 Å². The number of fused-ring (bicyclic) bond motifs is 1. The van der Waals surface area contributed by atoms with E-state index in [1.54, 1.807) is 0 Å². The maximum Gasteiger partial charge on any atom is 0.200 e. The molecule has 0 unspecified atom stereocenters. The summed E-state index contributed by atoms with van der Waals surface area (Å²) in [5, 5.41) is 0. The molecular formula is C26H30N6. The molecule has 0 fully saturated rings. The molecule has 0 bridgehead atoms. The lowest BCUT2D eigenvalue weighted by atomic mass is 9.86. The van der Waals surface area contributed by atoms with Crippen LogP contribution in [0.2, 0.25) is 0 Å². The highest BCUT2D eigenvalue weighted by atomic mass is 15.1. The van der Waals surface area contributed by atoms with Crippen molar-refractivity contribution in [2.24, 2.45) is 0 Å². The van der Waals surface area contributed by atoms with E-state index in [2.05, 4.69) is 100 Å². The van der Waals surface area contributed by atoms with Crippen LogP contribution in [0.1, 0.15) is 52.7 Å². The third-order valence-electron chi connectivity index (χ3n) is 5.62. The molecule has 2 aromatic carbocycles. The summed E-state index contributed by atoms with van der Waals surface area (Å²) in [7, 11) is 0. The Morgan fingerprint density at radius 1 is 0.500 bits per heavy atom. The standard InChI is InChI=1S/C26H30N6/c1-25(2,3)17-11-7-15(8-12-17)19-20(16-9-13-18(14-10-16)26(4,5)6)30-24-23(29-19)31-21(27)22(28)32-24/h7-14H,1-6H3,(H2,27,29,31)(H2,28,30,32). The van der Waals surface area contributed by atoms with Crippen LogP contribution in [0.5, 0.6) is 0 Å². The Balaban J connectivity index is 1.93. The highest BCUT2D eigenvalue weighted by molar-refractivity contribution is 5.84. The van der Waals surface area contributed by atoms with Crippen LogP contribution in [0, 0.1) is 0 Å². The molecule has 2 heterocycles. The second kappa shape index (κ2) is 7.55. The van der Waals surface area contributed by atoms with E-state index in [0.717, 1.165) is 22.5 Å². The minimum absolute atomic E-state index is 0.0661. The van der Waals surface area contributed by atoms with Gasteiger partial charge in [0.1, 0.15) is 0 Å². The van der Waals surface area contributed by atoms with Gasteiger partial charge in [0.25, 0.3) is 0 Å². The Hall–Kier alpha value is -3.54. The van der Waals surface area contributed by atoms with Gasteiger partial charge in [-0.1, -0.05) is 90.1 Å². The molecule has 2 aromatic heterocycles. The molecule has 0 aliphatic rings. The number of hydrogen-bond donors (Lipinski definition) is 2. The van der Waals surface area contributed by atoms with E-state index in [-0.39, 0.29) is 22.5 Å². The van der Waals surface area contributed by atoms with Crippen LogP contribution >= 0.6 is 0 Å². The molecule has 0 radical (unpaired) electrons. The van der Waals surface area contributed by atoms with Crippen LogP contribution in [0.15, 0.2) is 48.5 Å². The van der Waals surface area contributed by atoms with E-state index in [1.807, 2.05) is 0 Å². The molecule has 0 saturated carbocycles. The van der Waals surface area contributed by atoms with Gasteiger partial charge in [-0.2, -0.15) is 0 Å². The molecule has 164 valence electrons. The van der Waals surface area contributed by atoms with Crippen LogP contribution in [-0.2, 0) is 10.8 Å². The first-order chi connectivity index (χ1) is 14.9. The molecule has 4 aromatic rings. The Bertz CT molecular complexity index is 1180. The van der Waals surface area contributed by atoms with Crippen LogP contribution in [0.4, 0.5) is 11.6 Å². The summed E-state index contributed by atoms with van der Waals surface area (Å²) in [5.41, 5.74) is 18.5. The first-order valence-electron chi connectivity index (χ1n) is 10.8. The highest BCUT2D eigenvalue weighted by Gasteiger charge is 2.19. The highest BCUT2D eigenvalue weighted by Crippen LogP contribution is 2.33. The second-order valence-electron chi connectivity index (χ2n) is 10.2. The van der Waals surface area contributed by atoms with Gasteiger partial charge in [0.15, 0.2) is 11.6 Å². The summed E-state index contributed by atoms with van der Waals surface area (Å²) in [6.07, 6.45) is 0. The summed E-state index contributed by atoms with van der Waals surface area (Å²) < 4.78 is 0. The average molecular weight is 427 g/mol. The fourth-order valence-corrected chi connectivity index (χ4v) is 3.57. The summed E-state index contributed by atoms with van der Waals surface area (Å²) in [6.45, 7) is 13.2. The van der Waals surface area contributed by atoms with E-state index >= 15 is 0 Å².